The molecule has 1 amide bonds. The van der Waals surface area contributed by atoms with Gasteiger partial charge in [-0.2, -0.15) is 0 Å². The van der Waals surface area contributed by atoms with Crippen molar-refractivity contribution in [2.24, 2.45) is 0 Å². The molecule has 1 aliphatic heterocycles. The van der Waals surface area contributed by atoms with Gasteiger partial charge in [-0.3, -0.25) is 9.78 Å². The molecule has 0 fully saturated rings. The highest BCUT2D eigenvalue weighted by Crippen LogP contribution is 2.35. The lowest BCUT2D eigenvalue weighted by Crippen LogP contribution is -2.39. The highest BCUT2D eigenvalue weighted by molar-refractivity contribution is 7.90. The quantitative estimate of drug-likeness (QED) is 0.791. The average Bonchev–Trinajstić information content (AvgIpc) is 2.63. The van der Waals surface area contributed by atoms with Crippen LogP contribution in [0.4, 0.5) is 10.1 Å². The lowest BCUT2D eigenvalue weighted by molar-refractivity contribution is -0.118. The molecule has 3 rings (SSSR count). The summed E-state index contributed by atoms with van der Waals surface area (Å²) in [5.74, 6) is -0.383. The summed E-state index contributed by atoms with van der Waals surface area (Å²) >= 11 is -1.20. The molecule has 150 valence electrons. The molecule has 0 radical (unpaired) electrons. The van der Waals surface area contributed by atoms with Crippen LogP contribution in [0.2, 0.25) is 0 Å². The van der Waals surface area contributed by atoms with Crippen molar-refractivity contribution in [2.75, 3.05) is 11.9 Å². The number of pyridine rings is 1. The van der Waals surface area contributed by atoms with Gasteiger partial charge in [0, 0.05) is 54.0 Å². The van der Waals surface area contributed by atoms with Gasteiger partial charge < -0.3 is 9.45 Å². The topological polar surface area (TPSA) is 68.3 Å². The Morgan fingerprint density at radius 1 is 1.25 bits per heavy atom. The molecule has 0 bridgehead atoms. The molecule has 0 saturated carbocycles. The second-order valence-corrected chi connectivity index (χ2v) is 10.1. The molecule has 0 spiro atoms. The van der Waals surface area contributed by atoms with E-state index in [1.54, 1.807) is 19.4 Å². The standard InChI is InChI=1S/C21H26FN3O2S/c1-13-15(11-24-28(27)21(2,3)4)10-23-12-17(13)16-8-14-6-7-20(26)25(5)19(14)9-18(16)22/h8-10,12,24H,6-7,11H2,1-5H3. The number of hydrogen-bond acceptors (Lipinski definition) is 4. The zero-order valence-corrected chi connectivity index (χ0v) is 17.7. The summed E-state index contributed by atoms with van der Waals surface area (Å²) in [6, 6.07) is 3.25. The Morgan fingerprint density at radius 3 is 2.64 bits per heavy atom. The predicted molar refractivity (Wildman–Crippen MR) is 111 cm³/mol. The van der Waals surface area contributed by atoms with E-state index >= 15 is 0 Å². The molecule has 1 aromatic carbocycles. The van der Waals surface area contributed by atoms with E-state index in [4.69, 9.17) is 0 Å². The summed E-state index contributed by atoms with van der Waals surface area (Å²) in [4.78, 5) is 17.7. The fourth-order valence-electron chi connectivity index (χ4n) is 3.25. The summed E-state index contributed by atoms with van der Waals surface area (Å²) in [5.41, 5.74) is 4.54. The molecule has 1 N–H and O–H groups in total. The number of nitrogens with one attached hydrogen (secondary N) is 1. The number of amides is 1. The van der Waals surface area contributed by atoms with Gasteiger partial charge in [0.15, 0.2) is 0 Å². The van der Waals surface area contributed by atoms with Gasteiger partial charge in [0.25, 0.3) is 0 Å². The molecular weight excluding hydrogens is 377 g/mol. The highest BCUT2D eigenvalue weighted by Gasteiger charge is 2.27. The number of halogens is 1. The molecule has 1 aliphatic rings. The zero-order valence-electron chi connectivity index (χ0n) is 16.9. The third-order valence-corrected chi connectivity index (χ3v) is 6.59. The van der Waals surface area contributed by atoms with Crippen molar-refractivity contribution >= 4 is 23.0 Å². The van der Waals surface area contributed by atoms with Gasteiger partial charge in [0.1, 0.15) is 10.6 Å². The molecule has 1 aromatic heterocycles. The molecule has 1 unspecified atom stereocenters. The lowest BCUT2D eigenvalue weighted by atomic mass is 9.93. The van der Waals surface area contributed by atoms with Crippen molar-refractivity contribution in [1.82, 2.24) is 9.71 Å². The Balaban J connectivity index is 1.94. The second-order valence-electron chi connectivity index (χ2n) is 8.09. The highest BCUT2D eigenvalue weighted by atomic mass is 32.2. The monoisotopic (exact) mass is 403 g/mol. The summed E-state index contributed by atoms with van der Waals surface area (Å²) in [6.07, 6.45) is 4.40. The number of anilines is 1. The van der Waals surface area contributed by atoms with Gasteiger partial charge in [-0.1, -0.05) is 0 Å². The number of fused-ring (bicyclic) bond motifs is 1. The van der Waals surface area contributed by atoms with Crippen LogP contribution < -0.4 is 9.62 Å². The van der Waals surface area contributed by atoms with Gasteiger partial charge in [-0.15, -0.1) is 4.72 Å². The van der Waals surface area contributed by atoms with Gasteiger partial charge in [-0.05, 0) is 62.9 Å². The molecule has 2 aromatic rings. The van der Waals surface area contributed by atoms with E-state index in [0.29, 0.717) is 36.2 Å². The molecule has 0 saturated heterocycles. The number of benzene rings is 1. The van der Waals surface area contributed by atoms with E-state index in [1.165, 1.54) is 11.0 Å². The van der Waals surface area contributed by atoms with Gasteiger partial charge in [-0.25, -0.2) is 4.39 Å². The maximum absolute atomic E-state index is 14.9. The fraction of sp³-hybridized carbons (Fsp3) is 0.429. The number of carbonyl (C=O) groups is 1. The minimum atomic E-state index is -1.20. The Morgan fingerprint density at radius 2 is 1.96 bits per heavy atom. The molecule has 0 aliphatic carbocycles. The smallest absolute Gasteiger partial charge is 0.227 e. The summed E-state index contributed by atoms with van der Waals surface area (Å²) < 4.78 is 29.8. The Kier molecular flexibility index (Phi) is 5.79. The maximum Gasteiger partial charge on any atom is 0.227 e. The first kappa shape index (κ1) is 20.8. The maximum atomic E-state index is 14.9. The largest absolute Gasteiger partial charge is 0.598 e. The fourth-order valence-corrected chi connectivity index (χ4v) is 3.97. The van der Waals surface area contributed by atoms with Crippen LogP contribution in [0.1, 0.15) is 43.9 Å². The van der Waals surface area contributed by atoms with Crippen molar-refractivity contribution in [3.63, 3.8) is 0 Å². The Bertz CT molecular complexity index is 911. The third kappa shape index (κ3) is 4.06. The molecule has 2 heterocycles. The van der Waals surface area contributed by atoms with Crippen LogP contribution in [-0.2, 0) is 29.1 Å². The first-order chi connectivity index (χ1) is 13.1. The molecular formula is C21H26FN3O2S. The van der Waals surface area contributed by atoms with Crippen LogP contribution in [0, 0.1) is 12.7 Å². The second kappa shape index (κ2) is 7.81. The van der Waals surface area contributed by atoms with Crippen molar-refractivity contribution < 1.29 is 13.7 Å². The number of rotatable bonds is 4. The van der Waals surface area contributed by atoms with Gasteiger partial charge in [0.2, 0.25) is 5.91 Å². The minimum Gasteiger partial charge on any atom is -0.598 e. The molecule has 7 heteroatoms. The number of carbonyl (C=O) groups excluding carboxylic acids is 1. The van der Waals surface area contributed by atoms with Crippen LogP contribution in [-0.4, -0.2) is 27.2 Å². The van der Waals surface area contributed by atoms with Crippen LogP contribution in [0.25, 0.3) is 11.1 Å². The summed E-state index contributed by atoms with van der Waals surface area (Å²) in [7, 11) is 1.67. The van der Waals surface area contributed by atoms with Crippen LogP contribution in [0.15, 0.2) is 24.5 Å². The van der Waals surface area contributed by atoms with E-state index in [2.05, 4.69) is 9.71 Å². The number of nitrogens with zero attached hydrogens (tertiary/aromatic N) is 2. The number of aryl methyl sites for hydroxylation is 1. The number of hydrogen-bond donors (Lipinski definition) is 1. The van der Waals surface area contributed by atoms with Crippen LogP contribution >= 0.6 is 0 Å². The van der Waals surface area contributed by atoms with E-state index < -0.39 is 11.4 Å². The third-order valence-electron chi connectivity index (χ3n) is 5.07. The minimum absolute atomic E-state index is 0.00239. The molecule has 28 heavy (non-hydrogen) atoms. The lowest BCUT2D eigenvalue weighted by Gasteiger charge is -2.27. The Labute approximate surface area is 168 Å². The van der Waals surface area contributed by atoms with Crippen LogP contribution in [0.3, 0.4) is 0 Å². The van der Waals surface area contributed by atoms with E-state index in [0.717, 1.165) is 16.7 Å². The van der Waals surface area contributed by atoms with Crippen molar-refractivity contribution in [3.8, 4) is 11.1 Å². The predicted octanol–water partition coefficient (Wildman–Crippen LogP) is 3.66. The average molecular weight is 404 g/mol. The number of aromatic nitrogens is 1. The van der Waals surface area contributed by atoms with Gasteiger partial charge >= 0.3 is 0 Å². The molecule has 5 nitrogen and oxygen atoms in total. The Hall–Kier alpha value is -1.96. The van der Waals surface area contributed by atoms with E-state index in [9.17, 15) is 13.7 Å². The van der Waals surface area contributed by atoms with E-state index in [1.807, 2.05) is 33.8 Å². The van der Waals surface area contributed by atoms with Crippen molar-refractivity contribution in [2.45, 2.75) is 51.8 Å². The first-order valence-corrected chi connectivity index (χ1v) is 10.4. The van der Waals surface area contributed by atoms with Crippen molar-refractivity contribution in [3.05, 3.63) is 47.0 Å². The van der Waals surface area contributed by atoms with Crippen LogP contribution in [0.5, 0.6) is 0 Å². The summed E-state index contributed by atoms with van der Waals surface area (Å²) in [6.45, 7) is 8.02. The van der Waals surface area contributed by atoms with Gasteiger partial charge in [0.05, 0.1) is 6.54 Å². The SMILES string of the molecule is Cc1c(CN[S+]([O-])C(C)(C)C)cncc1-c1cc2c(cc1F)N(C)C(=O)CC2. The van der Waals surface area contributed by atoms with E-state index in [-0.39, 0.29) is 16.5 Å². The summed E-state index contributed by atoms with van der Waals surface area (Å²) in [5, 5.41) is 0. The first-order valence-electron chi connectivity index (χ1n) is 9.28. The zero-order chi connectivity index (χ0) is 20.6. The van der Waals surface area contributed by atoms with Crippen molar-refractivity contribution in [1.29, 1.82) is 0 Å². The molecule has 1 atom stereocenters. The normalized spacial score (nSPS) is 15.5.